The fourth-order valence-corrected chi connectivity index (χ4v) is 4.09. The summed E-state index contributed by atoms with van der Waals surface area (Å²) in [6.45, 7) is 8.31. The van der Waals surface area contributed by atoms with Crippen molar-refractivity contribution >= 4 is 23.6 Å². The number of hydrogen-bond donors (Lipinski definition) is 1. The molecule has 1 atom stereocenters. The summed E-state index contributed by atoms with van der Waals surface area (Å²) >= 11 is 1.59. The van der Waals surface area contributed by atoms with E-state index >= 15 is 0 Å². The Bertz CT molecular complexity index is 792. The topological polar surface area (TPSA) is 49.4 Å². The standard InChI is InChI=1S/C24H32N2O2S/c1-5-22(24(28)25-18(2)3)26(15-21-13-9-10-19(4)14-21)23(27)17-29-16-20-11-7-6-8-12-20/h6-14,18,22H,5,15-17H2,1-4H3,(H,25,28). The molecule has 156 valence electrons. The second-order valence-corrected chi connectivity index (χ2v) is 8.56. The molecule has 0 radical (unpaired) electrons. The van der Waals surface area contributed by atoms with E-state index in [0.29, 0.717) is 18.7 Å². The minimum absolute atomic E-state index is 0.00167. The Hall–Kier alpha value is -2.27. The molecular formula is C24H32N2O2S. The van der Waals surface area contributed by atoms with Crippen molar-refractivity contribution in [3.05, 3.63) is 71.3 Å². The lowest BCUT2D eigenvalue weighted by atomic mass is 10.1. The molecule has 0 aliphatic carbocycles. The van der Waals surface area contributed by atoms with Crippen LogP contribution in [0.2, 0.25) is 0 Å². The van der Waals surface area contributed by atoms with Gasteiger partial charge in [0.1, 0.15) is 6.04 Å². The summed E-state index contributed by atoms with van der Waals surface area (Å²) in [6.07, 6.45) is 0.583. The highest BCUT2D eigenvalue weighted by molar-refractivity contribution is 7.99. The van der Waals surface area contributed by atoms with Crippen LogP contribution in [0.5, 0.6) is 0 Å². The lowest BCUT2D eigenvalue weighted by Crippen LogP contribution is -2.50. The number of thioether (sulfide) groups is 1. The Morgan fingerprint density at radius 2 is 1.72 bits per heavy atom. The first-order valence-corrected chi connectivity index (χ1v) is 11.3. The van der Waals surface area contributed by atoms with Crippen molar-refractivity contribution in [2.45, 2.75) is 58.5 Å². The molecule has 0 heterocycles. The fraction of sp³-hybridized carbons (Fsp3) is 0.417. The van der Waals surface area contributed by atoms with Gasteiger partial charge in [0.25, 0.3) is 0 Å². The molecule has 0 fully saturated rings. The van der Waals surface area contributed by atoms with Crippen LogP contribution in [0.15, 0.2) is 54.6 Å². The van der Waals surface area contributed by atoms with Crippen molar-refractivity contribution in [3.8, 4) is 0 Å². The Kier molecular flexibility index (Phi) is 9.26. The monoisotopic (exact) mass is 412 g/mol. The molecule has 0 saturated heterocycles. The summed E-state index contributed by atoms with van der Waals surface area (Å²) in [5.74, 6) is 1.04. The van der Waals surface area contributed by atoms with Crippen molar-refractivity contribution in [1.29, 1.82) is 0 Å². The van der Waals surface area contributed by atoms with Crippen molar-refractivity contribution < 1.29 is 9.59 Å². The van der Waals surface area contributed by atoms with Gasteiger partial charge in [-0.1, -0.05) is 67.1 Å². The minimum Gasteiger partial charge on any atom is -0.352 e. The van der Waals surface area contributed by atoms with Gasteiger partial charge in [-0.25, -0.2) is 0 Å². The van der Waals surface area contributed by atoms with Gasteiger partial charge >= 0.3 is 0 Å². The van der Waals surface area contributed by atoms with Gasteiger partial charge < -0.3 is 10.2 Å². The predicted octanol–water partition coefficient (Wildman–Crippen LogP) is 4.56. The van der Waals surface area contributed by atoms with Crippen LogP contribution in [0.3, 0.4) is 0 Å². The van der Waals surface area contributed by atoms with Crippen LogP contribution in [0.4, 0.5) is 0 Å². The predicted molar refractivity (Wildman–Crippen MR) is 122 cm³/mol. The van der Waals surface area contributed by atoms with E-state index in [-0.39, 0.29) is 17.9 Å². The fourth-order valence-electron chi connectivity index (χ4n) is 3.22. The number of rotatable bonds is 10. The molecule has 2 amide bonds. The number of nitrogens with zero attached hydrogens (tertiary/aromatic N) is 1. The van der Waals surface area contributed by atoms with Crippen molar-refractivity contribution in [1.82, 2.24) is 10.2 Å². The highest BCUT2D eigenvalue weighted by Crippen LogP contribution is 2.18. The van der Waals surface area contributed by atoms with Crippen LogP contribution in [0.1, 0.15) is 43.9 Å². The van der Waals surface area contributed by atoms with Gasteiger partial charge in [0, 0.05) is 18.3 Å². The van der Waals surface area contributed by atoms with E-state index in [1.807, 2.05) is 64.1 Å². The van der Waals surface area contributed by atoms with Crippen molar-refractivity contribution in [2.75, 3.05) is 5.75 Å². The van der Waals surface area contributed by atoms with Crippen molar-refractivity contribution in [2.24, 2.45) is 0 Å². The Morgan fingerprint density at radius 3 is 2.34 bits per heavy atom. The van der Waals surface area contributed by atoms with Gasteiger partial charge in [-0.05, 0) is 38.3 Å². The number of amides is 2. The van der Waals surface area contributed by atoms with Gasteiger partial charge in [-0.3, -0.25) is 9.59 Å². The summed E-state index contributed by atoms with van der Waals surface area (Å²) < 4.78 is 0. The lowest BCUT2D eigenvalue weighted by molar-refractivity contribution is -0.139. The third kappa shape index (κ3) is 7.58. The molecule has 1 unspecified atom stereocenters. The van der Waals surface area contributed by atoms with E-state index in [1.165, 1.54) is 5.56 Å². The van der Waals surface area contributed by atoms with Crippen LogP contribution < -0.4 is 5.32 Å². The number of nitrogens with one attached hydrogen (secondary N) is 1. The summed E-state index contributed by atoms with van der Waals surface area (Å²) in [5, 5.41) is 2.97. The average Bonchev–Trinajstić information content (AvgIpc) is 2.68. The molecule has 1 N–H and O–H groups in total. The van der Waals surface area contributed by atoms with E-state index in [4.69, 9.17) is 0 Å². The quantitative estimate of drug-likeness (QED) is 0.622. The summed E-state index contributed by atoms with van der Waals surface area (Å²) in [7, 11) is 0. The van der Waals surface area contributed by atoms with Gasteiger partial charge in [0.05, 0.1) is 5.75 Å². The summed E-state index contributed by atoms with van der Waals surface area (Å²) in [5.41, 5.74) is 3.38. The first-order chi connectivity index (χ1) is 13.9. The third-order valence-corrected chi connectivity index (χ3v) is 5.58. The van der Waals surface area contributed by atoms with E-state index in [2.05, 4.69) is 23.5 Å². The number of hydrogen-bond acceptors (Lipinski definition) is 3. The Balaban J connectivity index is 2.13. The van der Waals surface area contributed by atoms with E-state index in [1.54, 1.807) is 16.7 Å². The second kappa shape index (κ2) is 11.7. The van der Waals surface area contributed by atoms with Crippen LogP contribution in [0, 0.1) is 6.92 Å². The summed E-state index contributed by atoms with van der Waals surface area (Å²) in [6, 6.07) is 17.8. The van der Waals surface area contributed by atoms with E-state index in [9.17, 15) is 9.59 Å². The maximum Gasteiger partial charge on any atom is 0.243 e. The molecule has 5 heteroatoms. The molecule has 0 saturated carbocycles. The molecule has 0 aliphatic rings. The molecular weight excluding hydrogens is 380 g/mol. The van der Waals surface area contributed by atoms with Crippen LogP contribution in [-0.2, 0) is 21.9 Å². The largest absolute Gasteiger partial charge is 0.352 e. The zero-order chi connectivity index (χ0) is 21.2. The minimum atomic E-state index is -0.470. The highest BCUT2D eigenvalue weighted by Gasteiger charge is 2.28. The molecule has 2 rings (SSSR count). The first kappa shape index (κ1) is 23.0. The first-order valence-electron chi connectivity index (χ1n) is 10.2. The Morgan fingerprint density at radius 1 is 1.03 bits per heavy atom. The van der Waals surface area contributed by atoms with Crippen LogP contribution in [0.25, 0.3) is 0 Å². The van der Waals surface area contributed by atoms with Crippen molar-refractivity contribution in [3.63, 3.8) is 0 Å². The third-order valence-electron chi connectivity index (χ3n) is 4.59. The molecule has 4 nitrogen and oxygen atoms in total. The van der Waals surface area contributed by atoms with E-state index < -0.39 is 6.04 Å². The lowest BCUT2D eigenvalue weighted by Gasteiger charge is -2.31. The summed E-state index contributed by atoms with van der Waals surface area (Å²) in [4.78, 5) is 27.7. The molecule has 0 bridgehead atoms. The number of aryl methyl sites for hydroxylation is 1. The number of benzene rings is 2. The van der Waals surface area contributed by atoms with Gasteiger partial charge in [0.2, 0.25) is 11.8 Å². The van der Waals surface area contributed by atoms with Gasteiger partial charge in [0.15, 0.2) is 0 Å². The normalized spacial score (nSPS) is 11.9. The Labute approximate surface area is 179 Å². The molecule has 29 heavy (non-hydrogen) atoms. The molecule has 0 spiro atoms. The maximum atomic E-state index is 13.1. The zero-order valence-corrected chi connectivity index (χ0v) is 18.7. The number of carbonyl (C=O) groups is 2. The zero-order valence-electron chi connectivity index (χ0n) is 17.9. The molecule has 2 aromatic carbocycles. The second-order valence-electron chi connectivity index (χ2n) is 7.58. The average molecular weight is 413 g/mol. The van der Waals surface area contributed by atoms with Crippen LogP contribution >= 0.6 is 11.8 Å². The van der Waals surface area contributed by atoms with E-state index in [0.717, 1.165) is 16.9 Å². The van der Waals surface area contributed by atoms with Gasteiger partial charge in [-0.2, -0.15) is 0 Å². The smallest absolute Gasteiger partial charge is 0.243 e. The molecule has 0 aliphatic heterocycles. The molecule has 2 aromatic rings. The van der Waals surface area contributed by atoms with Gasteiger partial charge in [-0.15, -0.1) is 11.8 Å². The van der Waals surface area contributed by atoms with Crippen LogP contribution in [-0.4, -0.2) is 34.6 Å². The molecule has 0 aromatic heterocycles. The highest BCUT2D eigenvalue weighted by atomic mass is 32.2. The maximum absolute atomic E-state index is 13.1. The SMILES string of the molecule is CCC(C(=O)NC(C)C)N(Cc1cccc(C)c1)C(=O)CSCc1ccccc1. The number of carbonyl (C=O) groups excluding carboxylic acids is 2.